The third-order valence-corrected chi connectivity index (χ3v) is 9.58. The van der Waals surface area contributed by atoms with Crippen molar-refractivity contribution >= 4 is 18.3 Å². The predicted molar refractivity (Wildman–Crippen MR) is 160 cm³/mol. The number of nitrogens with one attached hydrogen (secondary N) is 1. The Hall–Kier alpha value is -2.57. The Bertz CT molecular complexity index is 1090. The standard InChI is InChI=1S/C32H49N3O8/c1-19(8-12-28-30(38)32(18-41-32)16-24(43-28)15-29(33)37)7-11-27-21(3)14-25(22(4)42-27)34-23-9-10-26(20(2)6-5-13-36)35(17-23)31(39)40/h5-8,12-13,20-28,30,34,38H,9-11,14-18H2,1-4H3,(H2,33,37)(H,39,40)/t20?,21-,22+,23?,24+,25+,26-,27-,28+,30+,32+/m0/s1. The molecule has 0 aromatic carbocycles. The summed E-state index contributed by atoms with van der Waals surface area (Å²) in [4.78, 5) is 35.7. The zero-order valence-corrected chi connectivity index (χ0v) is 25.8. The summed E-state index contributed by atoms with van der Waals surface area (Å²) in [6.45, 7) is 9.06. The van der Waals surface area contributed by atoms with E-state index in [-0.39, 0.29) is 48.8 Å². The highest BCUT2D eigenvalue weighted by atomic mass is 16.6. The lowest BCUT2D eigenvalue weighted by Crippen LogP contribution is -2.59. The number of ether oxygens (including phenoxy) is 3. The molecule has 4 fully saturated rings. The van der Waals surface area contributed by atoms with E-state index < -0.39 is 29.8 Å². The Morgan fingerprint density at radius 2 is 1.98 bits per heavy atom. The van der Waals surface area contributed by atoms with E-state index in [9.17, 15) is 24.6 Å². The number of hydrogen-bond donors (Lipinski definition) is 4. The largest absolute Gasteiger partial charge is 0.465 e. The van der Waals surface area contributed by atoms with Crippen LogP contribution in [0.1, 0.15) is 66.2 Å². The summed E-state index contributed by atoms with van der Waals surface area (Å²) in [5, 5.41) is 24.3. The van der Waals surface area contributed by atoms with Crippen molar-refractivity contribution in [3.8, 4) is 0 Å². The molecule has 1 spiro atoms. The van der Waals surface area contributed by atoms with Gasteiger partial charge in [0.05, 0.1) is 31.3 Å². The Morgan fingerprint density at radius 3 is 2.63 bits per heavy atom. The Kier molecular flexibility index (Phi) is 11.2. The molecule has 2 amide bonds. The molecule has 4 aliphatic heterocycles. The molecular formula is C32H49N3O8. The first-order valence-electron chi connectivity index (χ1n) is 15.6. The van der Waals surface area contributed by atoms with Crippen LogP contribution in [-0.2, 0) is 23.8 Å². The van der Waals surface area contributed by atoms with Crippen molar-refractivity contribution in [2.45, 2.75) is 120 Å². The summed E-state index contributed by atoms with van der Waals surface area (Å²) in [5.41, 5.74) is 5.74. The minimum atomic E-state index is -0.934. The molecule has 0 aromatic heterocycles. The third kappa shape index (κ3) is 8.54. The number of aldehydes is 1. The van der Waals surface area contributed by atoms with Crippen molar-refractivity contribution in [3.63, 3.8) is 0 Å². The molecule has 240 valence electrons. The maximum absolute atomic E-state index is 12.0. The van der Waals surface area contributed by atoms with Crippen LogP contribution in [0.25, 0.3) is 0 Å². The lowest BCUT2D eigenvalue weighted by Gasteiger charge is -2.44. The zero-order chi connectivity index (χ0) is 31.3. The first-order chi connectivity index (χ1) is 20.4. The van der Waals surface area contributed by atoms with Crippen LogP contribution in [0.15, 0.2) is 36.0 Å². The van der Waals surface area contributed by atoms with Gasteiger partial charge >= 0.3 is 6.09 Å². The molecule has 11 atom stereocenters. The van der Waals surface area contributed by atoms with Gasteiger partial charge in [0.1, 0.15) is 24.1 Å². The molecule has 11 nitrogen and oxygen atoms in total. The molecule has 0 radical (unpaired) electrons. The second kappa shape index (κ2) is 14.5. The Labute approximate surface area is 254 Å². The van der Waals surface area contributed by atoms with Gasteiger partial charge in [-0.3, -0.25) is 9.59 Å². The third-order valence-electron chi connectivity index (χ3n) is 9.58. The summed E-state index contributed by atoms with van der Waals surface area (Å²) in [6, 6.07) is 0.0182. The van der Waals surface area contributed by atoms with Crippen LogP contribution >= 0.6 is 0 Å². The second-order valence-corrected chi connectivity index (χ2v) is 13.0. The number of aliphatic hydroxyl groups is 1. The molecule has 4 aliphatic rings. The summed E-state index contributed by atoms with van der Waals surface area (Å²) >= 11 is 0. The highest BCUT2D eigenvalue weighted by molar-refractivity contribution is 5.74. The summed E-state index contributed by atoms with van der Waals surface area (Å²) in [7, 11) is 0. The van der Waals surface area contributed by atoms with Crippen molar-refractivity contribution in [1.82, 2.24) is 10.2 Å². The van der Waals surface area contributed by atoms with Crippen molar-refractivity contribution < 1.29 is 38.8 Å². The number of allylic oxidation sites excluding steroid dienone is 3. The first kappa shape index (κ1) is 33.3. The molecule has 0 aromatic rings. The van der Waals surface area contributed by atoms with Gasteiger partial charge in [0.15, 0.2) is 0 Å². The molecule has 0 bridgehead atoms. The van der Waals surface area contributed by atoms with Crippen LogP contribution in [0, 0.1) is 11.8 Å². The molecule has 5 N–H and O–H groups in total. The van der Waals surface area contributed by atoms with Gasteiger partial charge < -0.3 is 40.4 Å². The van der Waals surface area contributed by atoms with Crippen LogP contribution < -0.4 is 11.1 Å². The SMILES string of the molecule is CC(C=C[C@H]1O[C@H](CC(N)=O)C[C@@]2(CO2)[C@@H]1O)=CC[C@@H]1O[C@H](C)[C@H](NC2CC[C@@H](C(C)C=CC=O)N(C(=O)O)C2)C[C@@H]1C. The van der Waals surface area contributed by atoms with Crippen molar-refractivity contribution in [3.05, 3.63) is 36.0 Å². The lowest BCUT2D eigenvalue weighted by molar-refractivity contribution is -0.143. The van der Waals surface area contributed by atoms with E-state index >= 15 is 0 Å². The van der Waals surface area contributed by atoms with E-state index in [4.69, 9.17) is 19.9 Å². The molecule has 43 heavy (non-hydrogen) atoms. The summed E-state index contributed by atoms with van der Waals surface area (Å²) < 4.78 is 18.0. The minimum absolute atomic E-state index is 0.0291. The van der Waals surface area contributed by atoms with E-state index in [1.54, 1.807) is 6.08 Å². The van der Waals surface area contributed by atoms with Gasteiger partial charge in [-0.1, -0.05) is 43.7 Å². The number of likely N-dealkylation sites (tertiary alicyclic amines) is 1. The quantitative estimate of drug-likeness (QED) is 0.120. The second-order valence-electron chi connectivity index (χ2n) is 13.0. The minimum Gasteiger partial charge on any atom is -0.465 e. The number of carbonyl (C=O) groups excluding carboxylic acids is 2. The van der Waals surface area contributed by atoms with Crippen molar-refractivity contribution in [1.29, 1.82) is 0 Å². The van der Waals surface area contributed by atoms with Crippen LogP contribution in [0.2, 0.25) is 0 Å². The first-order valence-corrected chi connectivity index (χ1v) is 15.6. The molecule has 0 aliphatic carbocycles. The van der Waals surface area contributed by atoms with Gasteiger partial charge in [0.25, 0.3) is 0 Å². The number of nitrogens with zero attached hydrogens (tertiary/aromatic N) is 1. The van der Waals surface area contributed by atoms with Gasteiger partial charge in [-0.15, -0.1) is 0 Å². The average Bonchev–Trinajstić information content (AvgIpc) is 3.73. The van der Waals surface area contributed by atoms with E-state index in [0.717, 1.165) is 37.5 Å². The number of rotatable bonds is 11. The van der Waals surface area contributed by atoms with E-state index in [1.807, 2.05) is 26.0 Å². The maximum Gasteiger partial charge on any atom is 0.407 e. The molecule has 4 rings (SSSR count). The van der Waals surface area contributed by atoms with E-state index in [2.05, 4.69) is 25.2 Å². The molecular weight excluding hydrogens is 554 g/mol. The molecule has 0 saturated carbocycles. The average molecular weight is 604 g/mol. The van der Waals surface area contributed by atoms with Gasteiger partial charge in [0.2, 0.25) is 5.91 Å². The fourth-order valence-corrected chi connectivity index (χ4v) is 6.93. The number of amides is 2. The lowest BCUT2D eigenvalue weighted by atomic mass is 9.86. The topological polar surface area (TPSA) is 164 Å². The fraction of sp³-hybridized carbons (Fsp3) is 0.719. The van der Waals surface area contributed by atoms with Crippen molar-refractivity contribution in [2.75, 3.05) is 13.2 Å². The number of primary amides is 1. The molecule has 2 unspecified atom stereocenters. The predicted octanol–water partition coefficient (Wildman–Crippen LogP) is 2.72. The van der Waals surface area contributed by atoms with Crippen LogP contribution in [-0.4, -0.2) is 101 Å². The molecule has 4 saturated heterocycles. The smallest absolute Gasteiger partial charge is 0.407 e. The van der Waals surface area contributed by atoms with E-state index in [0.29, 0.717) is 25.5 Å². The maximum atomic E-state index is 12.0. The highest BCUT2D eigenvalue weighted by Gasteiger charge is 2.58. The Morgan fingerprint density at radius 1 is 1.23 bits per heavy atom. The number of nitrogens with two attached hydrogens (primary N) is 1. The summed E-state index contributed by atoms with van der Waals surface area (Å²) in [6.07, 6.45) is 11.0. The monoisotopic (exact) mass is 603 g/mol. The fourth-order valence-electron chi connectivity index (χ4n) is 6.93. The Balaban J connectivity index is 1.28. The van der Waals surface area contributed by atoms with Crippen molar-refractivity contribution in [2.24, 2.45) is 17.6 Å². The van der Waals surface area contributed by atoms with Gasteiger partial charge in [-0.05, 0) is 57.4 Å². The number of hydrogen-bond acceptors (Lipinski definition) is 8. The zero-order valence-electron chi connectivity index (χ0n) is 25.8. The number of piperidine rings is 1. The van der Waals surface area contributed by atoms with Gasteiger partial charge in [0, 0.05) is 31.1 Å². The number of carboxylic acid groups (broad SMARTS) is 1. The number of aliphatic hydroxyl groups excluding tert-OH is 1. The summed E-state index contributed by atoms with van der Waals surface area (Å²) in [5.74, 6) is -0.171. The van der Waals surface area contributed by atoms with Gasteiger partial charge in [-0.25, -0.2) is 4.79 Å². The van der Waals surface area contributed by atoms with Crippen LogP contribution in [0.3, 0.4) is 0 Å². The molecule has 11 heteroatoms. The number of carbonyl (C=O) groups is 3. The van der Waals surface area contributed by atoms with Gasteiger partial charge in [-0.2, -0.15) is 0 Å². The number of epoxide rings is 1. The van der Waals surface area contributed by atoms with Crippen LogP contribution in [0.5, 0.6) is 0 Å². The molecule has 4 heterocycles. The normalized spacial score (nSPS) is 39.3. The van der Waals surface area contributed by atoms with E-state index in [1.165, 1.54) is 11.0 Å². The highest BCUT2D eigenvalue weighted by Crippen LogP contribution is 2.43. The van der Waals surface area contributed by atoms with Crippen LogP contribution in [0.4, 0.5) is 4.79 Å².